The number of halogens is 3. The van der Waals surface area contributed by atoms with Crippen molar-refractivity contribution < 1.29 is 25.8 Å². The molecule has 0 aliphatic rings. The van der Waals surface area contributed by atoms with Crippen molar-refractivity contribution in [1.82, 2.24) is 4.98 Å². The van der Waals surface area contributed by atoms with Crippen molar-refractivity contribution in [2.75, 3.05) is 9.80 Å². The third kappa shape index (κ3) is 6.78. The van der Waals surface area contributed by atoms with Gasteiger partial charge in [-0.3, -0.25) is 4.98 Å². The van der Waals surface area contributed by atoms with Crippen LogP contribution >= 0.6 is 22.7 Å². The first kappa shape index (κ1) is 39.6. The van der Waals surface area contributed by atoms with Gasteiger partial charge in [0, 0.05) is 71.7 Å². The highest BCUT2D eigenvalue weighted by atomic mass is 32.2. The summed E-state index contributed by atoms with van der Waals surface area (Å²) in [6, 6.07) is 58.8. The molecule has 11 aromatic rings. The minimum Gasteiger partial charge on any atom is -0.376 e. The van der Waals surface area contributed by atoms with Crippen molar-refractivity contribution in [2.24, 2.45) is 0 Å². The fourth-order valence-electron chi connectivity index (χ4n) is 8.47. The highest BCUT2D eigenvalue weighted by Gasteiger charge is 2.48. The lowest BCUT2D eigenvalue weighted by Crippen LogP contribution is -2.28. The summed E-state index contributed by atoms with van der Waals surface area (Å²) in [6.07, 6.45) is 3.64. The summed E-state index contributed by atoms with van der Waals surface area (Å²) in [5, 5.41) is 5.35. The molecule has 0 bridgehead atoms. The lowest BCUT2D eigenvalue weighted by Gasteiger charge is -2.29. The minimum absolute atomic E-state index is 0.462. The van der Waals surface area contributed by atoms with Crippen molar-refractivity contribution in [3.8, 4) is 16.9 Å². The molecule has 12 heteroatoms. The number of benzene rings is 8. The summed E-state index contributed by atoms with van der Waals surface area (Å²) >= 11 is 3.09. The zero-order valence-corrected chi connectivity index (χ0v) is 35.8. The van der Waals surface area contributed by atoms with E-state index in [9.17, 15) is 21.6 Å². The maximum Gasteiger partial charge on any atom is 0.534 e. The fourth-order valence-corrected chi connectivity index (χ4v) is 11.3. The van der Waals surface area contributed by atoms with Crippen LogP contribution in [0.3, 0.4) is 0 Å². The summed E-state index contributed by atoms with van der Waals surface area (Å²) in [5.74, 6) is -0.463. The number of hydrogen-bond donors (Lipinski definition) is 0. The Balaban J connectivity index is 1.16. The zero-order valence-electron chi connectivity index (χ0n) is 33.4. The Morgan fingerprint density at radius 2 is 1.11 bits per heavy atom. The van der Waals surface area contributed by atoms with Gasteiger partial charge >= 0.3 is 15.6 Å². The van der Waals surface area contributed by atoms with Crippen LogP contribution in [0.25, 0.3) is 62.2 Å². The Morgan fingerprint density at radius 1 is 0.500 bits per heavy atom. The van der Waals surface area contributed by atoms with E-state index in [4.69, 9.17) is 4.18 Å². The van der Waals surface area contributed by atoms with Gasteiger partial charge in [-0.25, -0.2) is 0 Å². The van der Waals surface area contributed by atoms with Gasteiger partial charge in [-0.15, -0.1) is 22.7 Å². The number of rotatable bonds is 9. The van der Waals surface area contributed by atoms with Crippen LogP contribution in [0, 0.1) is 0 Å². The summed E-state index contributed by atoms with van der Waals surface area (Å²) in [7, 11) is -6.04. The Labute approximate surface area is 373 Å². The number of fused-ring (bicyclic) bond motifs is 7. The molecule has 64 heavy (non-hydrogen) atoms. The van der Waals surface area contributed by atoms with Crippen LogP contribution in [0.15, 0.2) is 194 Å². The molecule has 0 fully saturated rings. The number of nitrogens with zero attached hydrogens (tertiary/aromatic N) is 3. The normalized spacial score (nSPS) is 12.1. The average Bonchev–Trinajstić information content (AvgIpc) is 3.88. The third-order valence-electron chi connectivity index (χ3n) is 11.3. The van der Waals surface area contributed by atoms with Gasteiger partial charge in [0.2, 0.25) is 0 Å². The SMILES string of the molecule is O=S(=O)(Oc1cc(N(c2ccccc2)c2cccc3c2sc2ccccc23)c2sc3ccc(-c4ccccc4N(c4ccccc4)c4cccc5ccncc45)cc3c2c1)C(F)(F)F. The highest BCUT2D eigenvalue weighted by molar-refractivity contribution is 7.88. The second-order valence-corrected chi connectivity index (χ2v) is 18.7. The number of anilines is 6. The van der Waals surface area contributed by atoms with Gasteiger partial charge in [0.15, 0.2) is 0 Å². The Hall–Kier alpha value is -7.25. The molecule has 0 radical (unpaired) electrons. The summed E-state index contributed by atoms with van der Waals surface area (Å²) in [6.45, 7) is 0. The van der Waals surface area contributed by atoms with Crippen LogP contribution in [0.5, 0.6) is 5.75 Å². The molecule has 0 aliphatic heterocycles. The number of pyridine rings is 1. The van der Waals surface area contributed by atoms with Crippen molar-refractivity contribution in [2.45, 2.75) is 5.51 Å². The Kier molecular flexibility index (Phi) is 9.60. The molecule has 8 aromatic carbocycles. The summed E-state index contributed by atoms with van der Waals surface area (Å²) in [4.78, 5) is 8.65. The first-order chi connectivity index (χ1) is 31.1. The lowest BCUT2D eigenvalue weighted by molar-refractivity contribution is -0.0500. The maximum absolute atomic E-state index is 14.0. The second-order valence-electron chi connectivity index (χ2n) is 15.1. The molecular weight excluding hydrogens is 868 g/mol. The van der Waals surface area contributed by atoms with Crippen molar-refractivity contribution in [3.63, 3.8) is 0 Å². The van der Waals surface area contributed by atoms with Gasteiger partial charge < -0.3 is 14.0 Å². The molecule has 312 valence electrons. The van der Waals surface area contributed by atoms with E-state index in [-0.39, 0.29) is 0 Å². The maximum atomic E-state index is 14.0. The molecule has 0 N–H and O–H groups in total. The largest absolute Gasteiger partial charge is 0.534 e. The van der Waals surface area contributed by atoms with Crippen LogP contribution in [0.1, 0.15) is 0 Å². The van der Waals surface area contributed by atoms with Crippen molar-refractivity contribution in [3.05, 3.63) is 194 Å². The number of para-hydroxylation sites is 3. The average molecular weight is 900 g/mol. The number of hydrogen-bond acceptors (Lipinski definition) is 8. The van der Waals surface area contributed by atoms with E-state index < -0.39 is 21.4 Å². The topological polar surface area (TPSA) is 62.7 Å². The van der Waals surface area contributed by atoms with E-state index in [0.29, 0.717) is 11.1 Å². The fraction of sp³-hybridized carbons (Fsp3) is 0.0192. The van der Waals surface area contributed by atoms with E-state index >= 15 is 0 Å². The molecule has 0 saturated carbocycles. The van der Waals surface area contributed by atoms with Crippen LogP contribution in [0.2, 0.25) is 0 Å². The first-order valence-corrected chi connectivity index (χ1v) is 23.2. The predicted octanol–water partition coefficient (Wildman–Crippen LogP) is 15.8. The van der Waals surface area contributed by atoms with Crippen LogP contribution < -0.4 is 14.0 Å². The number of aromatic nitrogens is 1. The molecular formula is C52H32F3N3O3S3. The van der Waals surface area contributed by atoms with Gasteiger partial charge in [-0.05, 0) is 83.7 Å². The molecule has 0 unspecified atom stereocenters. The highest BCUT2D eigenvalue weighted by Crippen LogP contribution is 2.51. The molecule has 3 heterocycles. The molecule has 0 saturated heterocycles. The molecule has 0 spiro atoms. The first-order valence-electron chi connectivity index (χ1n) is 20.2. The van der Waals surface area contributed by atoms with E-state index in [1.165, 1.54) is 23.5 Å². The zero-order chi connectivity index (χ0) is 43.6. The smallest absolute Gasteiger partial charge is 0.376 e. The number of thiophene rings is 2. The lowest BCUT2D eigenvalue weighted by atomic mass is 9.99. The molecule has 0 atom stereocenters. The molecule has 0 aliphatic carbocycles. The van der Waals surface area contributed by atoms with E-state index in [1.807, 2.05) is 132 Å². The van der Waals surface area contributed by atoms with Crippen LogP contribution in [0.4, 0.5) is 47.3 Å². The summed E-state index contributed by atoms with van der Waals surface area (Å²) in [5.41, 5.74) is 0.789. The van der Waals surface area contributed by atoms with Gasteiger partial charge in [0.1, 0.15) is 5.75 Å². The van der Waals surface area contributed by atoms with E-state index in [1.54, 1.807) is 17.5 Å². The second kappa shape index (κ2) is 15.5. The van der Waals surface area contributed by atoms with Gasteiger partial charge in [-0.1, -0.05) is 103 Å². The molecule has 11 rings (SSSR count). The third-order valence-corrected chi connectivity index (χ3v) is 14.7. The molecule has 6 nitrogen and oxygen atoms in total. The summed E-state index contributed by atoms with van der Waals surface area (Å²) < 4.78 is 76.2. The van der Waals surface area contributed by atoms with E-state index in [2.05, 4.69) is 58.4 Å². The van der Waals surface area contributed by atoms with Gasteiger partial charge in [0.25, 0.3) is 0 Å². The van der Waals surface area contributed by atoms with Crippen molar-refractivity contribution in [1.29, 1.82) is 0 Å². The standard InChI is InChI=1S/C52H32F3N3O3S3/c53-52(54,55)64(59,60)61-37-30-42-41-29-34(38-18-7-9-21-44(38)57(35-14-3-1-4-15-35)45-22-11-13-33-27-28-56-32-43(33)45)25-26-49(41)63-51(42)47(31-37)58(36-16-5-2-6-17-36)46-23-12-20-40-39-19-8-10-24-48(39)62-50(40)46/h1-32H. The molecule has 0 amide bonds. The minimum atomic E-state index is -6.04. The monoisotopic (exact) mass is 899 g/mol. The Morgan fingerprint density at radius 3 is 1.88 bits per heavy atom. The predicted molar refractivity (Wildman–Crippen MR) is 258 cm³/mol. The van der Waals surface area contributed by atoms with Crippen LogP contribution in [-0.2, 0) is 10.1 Å². The quantitative estimate of drug-likeness (QED) is 0.106. The van der Waals surface area contributed by atoms with Crippen molar-refractivity contribution >= 4 is 118 Å². The van der Waals surface area contributed by atoms with Gasteiger partial charge in [-0.2, -0.15) is 21.6 Å². The molecule has 3 aromatic heterocycles. The van der Waals surface area contributed by atoms with Crippen LogP contribution in [-0.4, -0.2) is 18.9 Å². The number of alkyl halides is 3. The Bertz CT molecular complexity index is 3680. The van der Waals surface area contributed by atoms with Gasteiger partial charge in [0.05, 0.1) is 32.1 Å². The van der Waals surface area contributed by atoms with E-state index in [0.717, 1.165) is 85.3 Å².